The number of nitrogens with two attached hydrogens (primary N) is 1. The van der Waals surface area contributed by atoms with E-state index in [1.165, 1.54) is 9.79 Å². The van der Waals surface area contributed by atoms with E-state index in [9.17, 15) is 0 Å². The molecule has 4 nitrogen and oxygen atoms in total. The summed E-state index contributed by atoms with van der Waals surface area (Å²) in [6, 6.07) is 25.1. The third-order valence-corrected chi connectivity index (χ3v) is 6.35. The molecule has 0 spiro atoms. The van der Waals surface area contributed by atoms with E-state index in [0.29, 0.717) is 5.11 Å². The van der Waals surface area contributed by atoms with Crippen LogP contribution in [0.3, 0.4) is 0 Å². The zero-order valence-corrected chi connectivity index (χ0v) is 16.6. The Balaban J connectivity index is 1.47. The van der Waals surface area contributed by atoms with Crippen LogP contribution in [-0.2, 0) is 0 Å². The summed E-state index contributed by atoms with van der Waals surface area (Å²) in [5.74, 6) is 0. The van der Waals surface area contributed by atoms with Gasteiger partial charge in [-0.1, -0.05) is 60.3 Å². The predicted molar refractivity (Wildman–Crippen MR) is 119 cm³/mol. The van der Waals surface area contributed by atoms with Gasteiger partial charge in [-0.3, -0.25) is 0 Å². The number of hydrogen-bond donors (Lipinski definition) is 2. The third-order valence-electron chi connectivity index (χ3n) is 5.01. The maximum absolute atomic E-state index is 5.96. The molecule has 2 heterocycles. The fourth-order valence-corrected chi connectivity index (χ4v) is 4.78. The molecule has 28 heavy (non-hydrogen) atoms. The van der Waals surface area contributed by atoms with Gasteiger partial charge in [-0.05, 0) is 47.6 Å². The molecular formula is C22H18N4S2. The molecule has 1 unspecified atom stereocenters. The number of nitrogens with one attached hydrogen (secondary N) is 1. The van der Waals surface area contributed by atoms with Crippen molar-refractivity contribution in [2.45, 2.75) is 22.3 Å². The molecule has 0 radical (unpaired) electrons. The van der Waals surface area contributed by atoms with Crippen molar-refractivity contribution in [2.75, 3.05) is 5.32 Å². The van der Waals surface area contributed by atoms with Crippen LogP contribution in [0.15, 0.2) is 87.7 Å². The number of thiocarbonyl (C=S) groups is 1. The van der Waals surface area contributed by atoms with Crippen molar-refractivity contribution >= 4 is 46.2 Å². The van der Waals surface area contributed by atoms with E-state index in [4.69, 9.17) is 23.1 Å². The highest BCUT2D eigenvalue weighted by atomic mass is 32.2. The third kappa shape index (κ3) is 3.04. The highest BCUT2D eigenvalue weighted by Gasteiger charge is 2.30. The van der Waals surface area contributed by atoms with E-state index in [2.05, 4.69) is 53.8 Å². The molecule has 0 aromatic heterocycles. The minimum Gasteiger partial charge on any atom is -0.375 e. The summed E-state index contributed by atoms with van der Waals surface area (Å²) in [7, 11) is 0. The van der Waals surface area contributed by atoms with Crippen molar-refractivity contribution in [3.05, 3.63) is 83.9 Å². The van der Waals surface area contributed by atoms with Crippen LogP contribution >= 0.6 is 24.0 Å². The molecule has 0 saturated carbocycles. The van der Waals surface area contributed by atoms with Crippen LogP contribution in [0.4, 0.5) is 11.4 Å². The number of fused-ring (bicyclic) bond motifs is 2. The lowest BCUT2D eigenvalue weighted by Gasteiger charge is -2.21. The molecule has 0 aliphatic carbocycles. The number of rotatable bonds is 2. The minimum atomic E-state index is 0.0350. The molecule has 138 valence electrons. The van der Waals surface area contributed by atoms with Crippen LogP contribution < -0.4 is 11.1 Å². The molecule has 6 heteroatoms. The number of hydrogen-bond acceptors (Lipinski definition) is 4. The second-order valence-corrected chi connectivity index (χ2v) is 8.30. The van der Waals surface area contributed by atoms with E-state index in [1.807, 2.05) is 24.3 Å². The molecular weight excluding hydrogens is 384 g/mol. The molecule has 0 bridgehead atoms. The zero-order valence-electron chi connectivity index (χ0n) is 15.0. The van der Waals surface area contributed by atoms with Gasteiger partial charge in [-0.2, -0.15) is 5.10 Å². The maximum Gasteiger partial charge on any atom is 0.187 e. The first-order valence-corrected chi connectivity index (χ1v) is 10.3. The van der Waals surface area contributed by atoms with Gasteiger partial charge >= 0.3 is 0 Å². The van der Waals surface area contributed by atoms with Crippen LogP contribution in [0.2, 0.25) is 0 Å². The highest BCUT2D eigenvalue weighted by Crippen LogP contribution is 2.44. The van der Waals surface area contributed by atoms with Crippen molar-refractivity contribution in [3.63, 3.8) is 0 Å². The number of para-hydroxylation sites is 1. The second kappa shape index (κ2) is 6.96. The first kappa shape index (κ1) is 17.3. The Labute approximate surface area is 173 Å². The Bertz CT molecular complexity index is 1090. The summed E-state index contributed by atoms with van der Waals surface area (Å²) in [5, 5.41) is 10.4. The average molecular weight is 403 g/mol. The van der Waals surface area contributed by atoms with Gasteiger partial charge in [0.25, 0.3) is 0 Å². The number of benzene rings is 3. The van der Waals surface area contributed by atoms with E-state index < -0.39 is 0 Å². The highest BCUT2D eigenvalue weighted by molar-refractivity contribution is 7.99. The normalized spacial score (nSPS) is 17.4. The molecule has 2 aliphatic rings. The molecule has 2 aliphatic heterocycles. The Kier molecular flexibility index (Phi) is 4.30. The van der Waals surface area contributed by atoms with Crippen LogP contribution in [0.5, 0.6) is 0 Å². The summed E-state index contributed by atoms with van der Waals surface area (Å²) < 4.78 is 0. The van der Waals surface area contributed by atoms with E-state index in [0.717, 1.165) is 34.6 Å². The molecule has 0 saturated heterocycles. The summed E-state index contributed by atoms with van der Waals surface area (Å²) >= 11 is 7.04. The summed E-state index contributed by atoms with van der Waals surface area (Å²) in [5.41, 5.74) is 11.5. The molecule has 1 atom stereocenters. The van der Waals surface area contributed by atoms with Gasteiger partial charge in [0.1, 0.15) is 0 Å². The van der Waals surface area contributed by atoms with Crippen molar-refractivity contribution in [1.29, 1.82) is 0 Å². The standard InChI is InChI=1S/C22H18N4S2/c23-22(27)26-19(14-6-2-1-3-7-14)13-17(25-26)15-10-11-21-18(12-15)24-16-8-4-5-9-20(16)28-21/h1-12,19,24H,13H2,(H2,23,27). The Morgan fingerprint density at radius 3 is 2.57 bits per heavy atom. The second-order valence-electron chi connectivity index (χ2n) is 6.79. The quantitative estimate of drug-likeness (QED) is 0.446. The first-order valence-electron chi connectivity index (χ1n) is 9.08. The molecule has 5 rings (SSSR count). The SMILES string of the molecule is NC(=S)N1N=C(c2ccc3c(c2)Nc2ccccc2S3)CC1c1ccccc1. The predicted octanol–water partition coefficient (Wildman–Crippen LogP) is 5.29. The molecule has 0 amide bonds. The minimum absolute atomic E-state index is 0.0350. The Morgan fingerprint density at radius 2 is 1.75 bits per heavy atom. The molecule has 3 aromatic carbocycles. The van der Waals surface area contributed by atoms with Gasteiger partial charge in [0, 0.05) is 16.2 Å². The van der Waals surface area contributed by atoms with Crippen LogP contribution in [0.25, 0.3) is 0 Å². The van der Waals surface area contributed by atoms with Crippen molar-refractivity contribution in [1.82, 2.24) is 5.01 Å². The fraction of sp³-hybridized carbons (Fsp3) is 0.0909. The van der Waals surface area contributed by atoms with Gasteiger partial charge in [-0.15, -0.1) is 0 Å². The van der Waals surface area contributed by atoms with E-state index in [-0.39, 0.29) is 6.04 Å². The fourth-order valence-electron chi connectivity index (χ4n) is 3.64. The Morgan fingerprint density at radius 1 is 1.00 bits per heavy atom. The van der Waals surface area contributed by atoms with Crippen molar-refractivity contribution in [2.24, 2.45) is 10.8 Å². The smallest absolute Gasteiger partial charge is 0.187 e. The lowest BCUT2D eigenvalue weighted by molar-refractivity contribution is 0.373. The largest absolute Gasteiger partial charge is 0.375 e. The van der Waals surface area contributed by atoms with Crippen LogP contribution in [0, 0.1) is 0 Å². The molecule has 0 fully saturated rings. The van der Waals surface area contributed by atoms with Crippen molar-refractivity contribution in [3.8, 4) is 0 Å². The maximum atomic E-state index is 5.96. The van der Waals surface area contributed by atoms with E-state index in [1.54, 1.807) is 16.8 Å². The van der Waals surface area contributed by atoms with Crippen molar-refractivity contribution < 1.29 is 0 Å². The van der Waals surface area contributed by atoms with Gasteiger partial charge in [0.05, 0.1) is 23.1 Å². The topological polar surface area (TPSA) is 53.6 Å². The molecule has 3 N–H and O–H groups in total. The lowest BCUT2D eigenvalue weighted by Crippen LogP contribution is -2.31. The number of nitrogens with zero attached hydrogens (tertiary/aromatic N) is 2. The van der Waals surface area contributed by atoms with Gasteiger partial charge in [-0.25, -0.2) is 5.01 Å². The lowest BCUT2D eigenvalue weighted by atomic mass is 9.98. The zero-order chi connectivity index (χ0) is 19.1. The van der Waals surface area contributed by atoms with Gasteiger partial charge < -0.3 is 11.1 Å². The average Bonchev–Trinajstić information content (AvgIpc) is 3.18. The monoisotopic (exact) mass is 402 g/mol. The number of anilines is 2. The van der Waals surface area contributed by atoms with Crippen LogP contribution in [-0.4, -0.2) is 15.8 Å². The van der Waals surface area contributed by atoms with Gasteiger partial charge in [0.15, 0.2) is 5.11 Å². The van der Waals surface area contributed by atoms with Gasteiger partial charge in [0.2, 0.25) is 0 Å². The first-order chi connectivity index (χ1) is 13.7. The summed E-state index contributed by atoms with van der Waals surface area (Å²) in [4.78, 5) is 2.46. The summed E-state index contributed by atoms with van der Waals surface area (Å²) in [6.07, 6.45) is 0.768. The Hall–Kier alpha value is -2.83. The molecule has 3 aromatic rings. The number of hydrazone groups is 1. The van der Waals surface area contributed by atoms with Crippen LogP contribution in [0.1, 0.15) is 23.6 Å². The van der Waals surface area contributed by atoms with E-state index >= 15 is 0 Å². The summed E-state index contributed by atoms with van der Waals surface area (Å²) in [6.45, 7) is 0.